The highest BCUT2D eigenvalue weighted by atomic mass is 32.2. The van der Waals surface area contributed by atoms with Crippen LogP contribution >= 0.6 is 11.8 Å². The van der Waals surface area contributed by atoms with Gasteiger partial charge in [0.25, 0.3) is 0 Å². The lowest BCUT2D eigenvalue weighted by atomic mass is 10.0. The van der Waals surface area contributed by atoms with Crippen LogP contribution in [0.15, 0.2) is 65.6 Å². The van der Waals surface area contributed by atoms with Gasteiger partial charge < -0.3 is 10.2 Å². The molecule has 0 saturated carbocycles. The van der Waals surface area contributed by atoms with Crippen LogP contribution in [0, 0.1) is 0 Å². The summed E-state index contributed by atoms with van der Waals surface area (Å²) < 4.78 is 0. The molecule has 0 aliphatic carbocycles. The Bertz CT molecular complexity index is 1070. The average molecular weight is 435 g/mol. The number of carboxylic acid groups (broad SMARTS) is 1. The van der Waals surface area contributed by atoms with Gasteiger partial charge in [0.15, 0.2) is 5.78 Å². The van der Waals surface area contributed by atoms with E-state index in [1.807, 2.05) is 18.2 Å². The Morgan fingerprint density at radius 2 is 1.45 bits per heavy atom. The fourth-order valence-electron chi connectivity index (χ4n) is 3.44. The number of phenols is 1. The topological polar surface area (TPSA) is 74.6 Å². The fourth-order valence-corrected chi connectivity index (χ4v) is 4.50. The quantitative estimate of drug-likeness (QED) is 0.313. The molecule has 0 amide bonds. The summed E-state index contributed by atoms with van der Waals surface area (Å²) in [7, 11) is 0. The van der Waals surface area contributed by atoms with Gasteiger partial charge in [-0.25, -0.2) is 4.79 Å². The molecule has 4 nitrogen and oxygen atoms in total. The van der Waals surface area contributed by atoms with Gasteiger partial charge in [0.05, 0.1) is 11.1 Å². The van der Waals surface area contributed by atoms with E-state index in [1.54, 1.807) is 30.0 Å². The molecule has 2 N–H and O–H groups in total. The highest BCUT2D eigenvalue weighted by Crippen LogP contribution is 2.35. The molecule has 0 spiro atoms. The summed E-state index contributed by atoms with van der Waals surface area (Å²) in [5.41, 5.74) is 4.92. The Labute approximate surface area is 186 Å². The second-order valence-electron chi connectivity index (χ2n) is 7.53. The Balaban J connectivity index is 1.67. The first-order chi connectivity index (χ1) is 14.9. The zero-order valence-corrected chi connectivity index (χ0v) is 18.5. The van der Waals surface area contributed by atoms with Gasteiger partial charge in [0.1, 0.15) is 5.75 Å². The van der Waals surface area contributed by atoms with E-state index in [1.165, 1.54) is 12.5 Å². The van der Waals surface area contributed by atoms with Gasteiger partial charge in [-0.15, -0.1) is 11.8 Å². The number of benzene rings is 3. The average Bonchev–Trinajstić information content (AvgIpc) is 2.75. The van der Waals surface area contributed by atoms with Crippen LogP contribution in [-0.4, -0.2) is 22.0 Å². The first-order valence-corrected chi connectivity index (χ1v) is 11.3. The highest BCUT2D eigenvalue weighted by molar-refractivity contribution is 7.98. The Kier molecular flexibility index (Phi) is 7.53. The molecule has 3 rings (SSSR count). The Hall–Kier alpha value is -3.05. The molecule has 3 aromatic carbocycles. The van der Waals surface area contributed by atoms with E-state index in [0.29, 0.717) is 11.1 Å². The van der Waals surface area contributed by atoms with Crippen molar-refractivity contribution in [2.24, 2.45) is 0 Å². The predicted octanol–water partition coefficient (Wildman–Crippen LogP) is 6.13. The van der Waals surface area contributed by atoms with Crippen molar-refractivity contribution in [3.63, 3.8) is 0 Å². The predicted molar refractivity (Wildman–Crippen MR) is 124 cm³/mol. The lowest BCUT2D eigenvalue weighted by Crippen LogP contribution is -1.98. The molecule has 0 radical (unpaired) electrons. The molecule has 0 aliphatic heterocycles. The third-order valence-corrected chi connectivity index (χ3v) is 6.32. The van der Waals surface area contributed by atoms with Crippen LogP contribution in [0.4, 0.5) is 0 Å². The molecular formula is C26H26O4S. The lowest BCUT2D eigenvalue weighted by molar-refractivity contribution is 0.0696. The summed E-state index contributed by atoms with van der Waals surface area (Å²) in [4.78, 5) is 23.7. The van der Waals surface area contributed by atoms with Crippen LogP contribution in [0.1, 0.15) is 63.2 Å². The number of thioether (sulfide) groups is 1. The molecule has 31 heavy (non-hydrogen) atoms. The maximum atomic E-state index is 11.7. The van der Waals surface area contributed by atoms with Gasteiger partial charge in [0.2, 0.25) is 0 Å². The maximum Gasteiger partial charge on any atom is 0.335 e. The molecule has 0 saturated heterocycles. The molecule has 0 unspecified atom stereocenters. The molecule has 160 valence electrons. The van der Waals surface area contributed by atoms with Crippen molar-refractivity contribution >= 4 is 23.5 Å². The number of ketones is 1. The van der Waals surface area contributed by atoms with Crippen molar-refractivity contribution in [1.29, 1.82) is 0 Å². The first kappa shape index (κ1) is 22.6. The van der Waals surface area contributed by atoms with E-state index in [-0.39, 0.29) is 11.5 Å². The zero-order chi connectivity index (χ0) is 22.4. The third kappa shape index (κ3) is 5.76. The van der Waals surface area contributed by atoms with Gasteiger partial charge in [-0.2, -0.15) is 0 Å². The van der Waals surface area contributed by atoms with E-state index in [2.05, 4.69) is 31.2 Å². The van der Waals surface area contributed by atoms with Crippen LogP contribution in [-0.2, 0) is 18.6 Å². The number of hydrogen-bond donors (Lipinski definition) is 2. The van der Waals surface area contributed by atoms with Crippen LogP contribution in [0.5, 0.6) is 5.75 Å². The summed E-state index contributed by atoms with van der Waals surface area (Å²) in [6, 6.07) is 19.0. The van der Waals surface area contributed by atoms with Crippen LogP contribution in [0.2, 0.25) is 0 Å². The first-order valence-electron chi connectivity index (χ1n) is 10.3. The molecule has 5 heteroatoms. The molecule has 0 heterocycles. The van der Waals surface area contributed by atoms with Crippen molar-refractivity contribution in [3.8, 4) is 5.75 Å². The molecule has 0 bridgehead atoms. The van der Waals surface area contributed by atoms with E-state index in [4.69, 9.17) is 5.11 Å². The van der Waals surface area contributed by atoms with E-state index in [0.717, 1.165) is 46.6 Å². The lowest BCUT2D eigenvalue weighted by Gasteiger charge is -2.13. The maximum absolute atomic E-state index is 11.7. The molecule has 0 fully saturated rings. The number of hydrogen-bond acceptors (Lipinski definition) is 4. The number of carboxylic acids is 1. The van der Waals surface area contributed by atoms with Crippen molar-refractivity contribution in [2.45, 2.75) is 43.8 Å². The monoisotopic (exact) mass is 434 g/mol. The van der Waals surface area contributed by atoms with Gasteiger partial charge in [-0.05, 0) is 60.7 Å². The molecule has 0 aromatic heterocycles. The molecule has 0 aliphatic rings. The van der Waals surface area contributed by atoms with Crippen LogP contribution in [0.3, 0.4) is 0 Å². The minimum absolute atomic E-state index is 0.114. The minimum Gasteiger partial charge on any atom is -0.507 e. The Morgan fingerprint density at radius 3 is 2.00 bits per heavy atom. The van der Waals surface area contributed by atoms with Gasteiger partial charge in [-0.3, -0.25) is 4.79 Å². The summed E-state index contributed by atoms with van der Waals surface area (Å²) in [5, 5.41) is 19.5. The number of Topliss-reactive ketones (excluding diaryl/α,β-unsaturated/α-hetero) is 1. The summed E-state index contributed by atoms with van der Waals surface area (Å²) in [5.74, 6) is -0.161. The van der Waals surface area contributed by atoms with E-state index in [9.17, 15) is 14.7 Å². The number of phenolic OH excluding ortho intramolecular Hbond substituents is 1. The highest BCUT2D eigenvalue weighted by Gasteiger charge is 2.15. The smallest absolute Gasteiger partial charge is 0.335 e. The molecule has 3 aromatic rings. The van der Waals surface area contributed by atoms with E-state index < -0.39 is 5.97 Å². The standard InChI is InChI=1S/C26H26O4S/c1-3-4-23-24(14-13-22(17(2)27)25(23)28)31-16-20-7-5-18(6-8-20)15-19-9-11-21(12-10-19)26(29)30/h5-14,28H,3-4,15-16H2,1-2H3,(H,29,30). The number of rotatable bonds is 9. The van der Waals surface area contributed by atoms with Crippen molar-refractivity contribution in [2.75, 3.05) is 0 Å². The Morgan fingerprint density at radius 1 is 0.871 bits per heavy atom. The largest absolute Gasteiger partial charge is 0.507 e. The van der Waals surface area contributed by atoms with Gasteiger partial charge >= 0.3 is 5.97 Å². The minimum atomic E-state index is -0.917. The third-order valence-electron chi connectivity index (χ3n) is 5.15. The van der Waals surface area contributed by atoms with Crippen molar-refractivity contribution < 1.29 is 19.8 Å². The molecular weight excluding hydrogens is 408 g/mol. The van der Waals surface area contributed by atoms with Crippen molar-refractivity contribution in [1.82, 2.24) is 0 Å². The SMILES string of the molecule is CCCc1c(SCc2ccc(Cc3ccc(C(=O)O)cc3)cc2)ccc(C(C)=O)c1O. The summed E-state index contributed by atoms with van der Waals surface area (Å²) in [6.07, 6.45) is 2.37. The summed E-state index contributed by atoms with van der Waals surface area (Å²) >= 11 is 1.66. The normalized spacial score (nSPS) is 10.8. The second kappa shape index (κ2) is 10.3. The number of carbonyl (C=O) groups is 2. The molecule has 0 atom stereocenters. The number of carbonyl (C=O) groups excluding carboxylic acids is 1. The van der Waals surface area contributed by atoms with Gasteiger partial charge in [-0.1, -0.05) is 49.7 Å². The summed E-state index contributed by atoms with van der Waals surface area (Å²) in [6.45, 7) is 3.53. The zero-order valence-electron chi connectivity index (χ0n) is 17.7. The van der Waals surface area contributed by atoms with Crippen molar-refractivity contribution in [3.05, 3.63) is 94.0 Å². The van der Waals surface area contributed by atoms with Crippen LogP contribution in [0.25, 0.3) is 0 Å². The second-order valence-corrected chi connectivity index (χ2v) is 8.55. The number of aromatic carboxylic acids is 1. The number of aromatic hydroxyl groups is 1. The van der Waals surface area contributed by atoms with E-state index >= 15 is 0 Å². The van der Waals surface area contributed by atoms with Gasteiger partial charge in [0, 0.05) is 16.2 Å². The fraction of sp³-hybridized carbons (Fsp3) is 0.231. The van der Waals surface area contributed by atoms with Crippen LogP contribution < -0.4 is 0 Å².